The van der Waals surface area contributed by atoms with Gasteiger partial charge in [0.1, 0.15) is 5.69 Å². The predicted octanol–water partition coefficient (Wildman–Crippen LogP) is 6.36. The Balaban J connectivity index is 1.25. The number of imidazole rings is 1. The van der Waals surface area contributed by atoms with E-state index in [1.165, 1.54) is 81.8 Å². The van der Waals surface area contributed by atoms with Crippen LogP contribution in [0.25, 0.3) is 16.2 Å². The smallest absolute Gasteiger partial charge is 0.216 e. The minimum Gasteiger partial charge on any atom is -0.365 e. The monoisotopic (exact) mass is 492 g/mol. The van der Waals surface area contributed by atoms with Crippen molar-refractivity contribution in [2.45, 2.75) is 89.6 Å². The molecule has 1 N–H and O–H groups in total. The molecule has 35 heavy (non-hydrogen) atoms. The fourth-order valence-electron chi connectivity index (χ4n) is 6.25. The van der Waals surface area contributed by atoms with Gasteiger partial charge in [0.05, 0.1) is 0 Å². The Kier molecular flexibility index (Phi) is 6.97. The highest BCUT2D eigenvalue weighted by molar-refractivity contribution is 7.20. The molecule has 0 atom stereocenters. The summed E-state index contributed by atoms with van der Waals surface area (Å²) >= 11 is 1.75. The number of fused-ring (bicyclic) bond motifs is 1. The third-order valence-electron chi connectivity index (χ3n) is 8.39. The number of nitrogens with zero attached hydrogens (tertiary/aromatic N) is 5. The van der Waals surface area contributed by atoms with Crippen LogP contribution < -0.4 is 10.2 Å². The molecule has 7 heteroatoms. The van der Waals surface area contributed by atoms with Gasteiger partial charge in [-0.3, -0.25) is 4.90 Å². The number of rotatable bonds is 5. The molecular formula is C28H40N6S. The number of hydrogen-bond acceptors (Lipinski definition) is 6. The van der Waals surface area contributed by atoms with Crippen molar-refractivity contribution in [3.8, 4) is 11.3 Å². The van der Waals surface area contributed by atoms with Crippen LogP contribution >= 0.6 is 11.3 Å². The van der Waals surface area contributed by atoms with Crippen LogP contribution in [0.3, 0.4) is 0 Å². The molecule has 2 aliphatic carbocycles. The summed E-state index contributed by atoms with van der Waals surface area (Å²) < 4.78 is 2.10. The van der Waals surface area contributed by atoms with Crippen molar-refractivity contribution in [3.63, 3.8) is 0 Å². The molecule has 2 aromatic heterocycles. The Hall–Kier alpha value is -2.12. The van der Waals surface area contributed by atoms with Crippen molar-refractivity contribution >= 4 is 27.2 Å². The highest BCUT2D eigenvalue weighted by atomic mass is 32.1. The van der Waals surface area contributed by atoms with Gasteiger partial charge in [0.25, 0.3) is 0 Å². The normalized spacial score (nSPS) is 21.5. The molecule has 0 unspecified atom stereocenters. The molecule has 0 radical (unpaired) electrons. The first kappa shape index (κ1) is 23.3. The minimum absolute atomic E-state index is 0.505. The molecule has 188 valence electrons. The Morgan fingerprint density at radius 3 is 2.20 bits per heavy atom. The summed E-state index contributed by atoms with van der Waals surface area (Å²) in [7, 11) is 0. The summed E-state index contributed by atoms with van der Waals surface area (Å²) in [5.41, 5.74) is 3.49. The molecule has 0 amide bonds. The molecule has 0 spiro atoms. The Morgan fingerprint density at radius 1 is 0.829 bits per heavy atom. The van der Waals surface area contributed by atoms with Gasteiger partial charge in [-0.2, -0.15) is 4.52 Å². The van der Waals surface area contributed by atoms with Crippen LogP contribution in [0.4, 0.5) is 10.9 Å². The van der Waals surface area contributed by atoms with Crippen molar-refractivity contribution in [1.82, 2.24) is 19.5 Å². The largest absolute Gasteiger partial charge is 0.365 e. The Bertz CT molecular complexity index is 1100. The molecule has 2 saturated carbocycles. The molecule has 3 aliphatic rings. The molecular weight excluding hydrogens is 452 g/mol. The molecule has 0 bridgehead atoms. The predicted molar refractivity (Wildman–Crippen MR) is 147 cm³/mol. The lowest BCUT2D eigenvalue weighted by Gasteiger charge is -2.40. The van der Waals surface area contributed by atoms with Crippen molar-refractivity contribution in [2.24, 2.45) is 0 Å². The third kappa shape index (κ3) is 5.08. The molecule has 3 aromatic rings. The standard InChI is InChI=1S/C28H40N6S/c1-21-13-15-22(16-14-21)25-26(29-23-9-5-2-3-6-10-23)34-27(30-25)35-28(31-34)33-19-17-32(18-20-33)24-11-7-4-8-12-24/h13-16,23-24,29H,2-12,17-20H2,1H3. The summed E-state index contributed by atoms with van der Waals surface area (Å²) in [5.74, 6) is 1.08. The lowest BCUT2D eigenvalue weighted by atomic mass is 9.94. The second kappa shape index (κ2) is 10.5. The number of hydrogen-bond donors (Lipinski definition) is 1. The van der Waals surface area contributed by atoms with E-state index in [0.29, 0.717) is 6.04 Å². The average Bonchev–Trinajstić information content (AvgIpc) is 3.34. The maximum atomic E-state index is 5.14. The van der Waals surface area contributed by atoms with E-state index in [1.807, 2.05) is 0 Å². The summed E-state index contributed by atoms with van der Waals surface area (Å²) in [4.78, 5) is 11.4. The van der Waals surface area contributed by atoms with Crippen molar-refractivity contribution in [2.75, 3.05) is 36.4 Å². The zero-order valence-corrected chi connectivity index (χ0v) is 22.0. The van der Waals surface area contributed by atoms with Gasteiger partial charge in [-0.15, -0.1) is 5.10 Å². The molecule has 6 rings (SSSR count). The SMILES string of the molecule is Cc1ccc(-c2nc3sc(N4CCN(C5CCCCC5)CC4)nn3c2NC2CCCCCC2)cc1. The topological polar surface area (TPSA) is 48.7 Å². The summed E-state index contributed by atoms with van der Waals surface area (Å²) in [6.45, 7) is 6.61. The highest BCUT2D eigenvalue weighted by Gasteiger charge is 2.28. The van der Waals surface area contributed by atoms with Gasteiger partial charge in [-0.25, -0.2) is 4.98 Å². The van der Waals surface area contributed by atoms with Crippen LogP contribution in [-0.2, 0) is 0 Å². The lowest BCUT2D eigenvalue weighted by Crippen LogP contribution is -2.50. The molecule has 1 aromatic carbocycles. The maximum Gasteiger partial charge on any atom is 0.216 e. The number of piperazine rings is 1. The van der Waals surface area contributed by atoms with Gasteiger partial charge in [-0.05, 0) is 32.6 Å². The van der Waals surface area contributed by atoms with Gasteiger partial charge in [0.2, 0.25) is 10.1 Å². The van der Waals surface area contributed by atoms with Crippen LogP contribution in [0.1, 0.15) is 76.2 Å². The van der Waals surface area contributed by atoms with Crippen molar-refractivity contribution in [1.29, 1.82) is 0 Å². The van der Waals surface area contributed by atoms with Crippen LogP contribution in [0.15, 0.2) is 24.3 Å². The van der Waals surface area contributed by atoms with Crippen molar-refractivity contribution < 1.29 is 0 Å². The quantitative estimate of drug-likeness (QED) is 0.420. The zero-order chi connectivity index (χ0) is 23.6. The van der Waals surface area contributed by atoms with Gasteiger partial charge in [-0.1, -0.05) is 86.1 Å². The average molecular weight is 493 g/mol. The second-order valence-electron chi connectivity index (χ2n) is 10.9. The number of aromatic nitrogens is 3. The van der Waals surface area contributed by atoms with Gasteiger partial charge >= 0.3 is 0 Å². The Labute approximate surface area is 213 Å². The highest BCUT2D eigenvalue weighted by Crippen LogP contribution is 2.35. The lowest BCUT2D eigenvalue weighted by molar-refractivity contribution is 0.148. The molecule has 3 fully saturated rings. The minimum atomic E-state index is 0.505. The fourth-order valence-corrected chi connectivity index (χ4v) is 7.20. The third-order valence-corrected chi connectivity index (χ3v) is 9.36. The Morgan fingerprint density at radius 2 is 1.49 bits per heavy atom. The van der Waals surface area contributed by atoms with E-state index in [0.717, 1.165) is 53.8 Å². The molecule has 6 nitrogen and oxygen atoms in total. The summed E-state index contributed by atoms with van der Waals surface area (Å²) in [5, 5.41) is 10.2. The van der Waals surface area contributed by atoms with E-state index in [-0.39, 0.29) is 0 Å². The van der Waals surface area contributed by atoms with Crippen molar-refractivity contribution in [3.05, 3.63) is 29.8 Å². The first-order valence-corrected chi connectivity index (χ1v) is 14.8. The first-order valence-electron chi connectivity index (χ1n) is 14.0. The van der Waals surface area contributed by atoms with Crippen LogP contribution in [0.2, 0.25) is 0 Å². The number of aryl methyl sites for hydroxylation is 1. The number of anilines is 2. The summed E-state index contributed by atoms with van der Waals surface area (Å²) in [6.07, 6.45) is 14.9. The number of benzene rings is 1. The van der Waals surface area contributed by atoms with Crippen LogP contribution in [0.5, 0.6) is 0 Å². The van der Waals surface area contributed by atoms with E-state index in [9.17, 15) is 0 Å². The maximum absolute atomic E-state index is 5.14. The fraction of sp³-hybridized carbons (Fsp3) is 0.643. The molecule has 3 heterocycles. The van der Waals surface area contributed by atoms with Gasteiger partial charge in [0.15, 0.2) is 5.82 Å². The van der Waals surface area contributed by atoms with E-state index in [2.05, 4.69) is 50.8 Å². The van der Waals surface area contributed by atoms with E-state index in [1.54, 1.807) is 11.3 Å². The van der Waals surface area contributed by atoms with Crippen LogP contribution in [-0.4, -0.2) is 57.8 Å². The second-order valence-corrected chi connectivity index (χ2v) is 11.8. The molecule has 1 saturated heterocycles. The number of nitrogens with one attached hydrogen (secondary N) is 1. The molecule has 1 aliphatic heterocycles. The van der Waals surface area contributed by atoms with E-state index >= 15 is 0 Å². The van der Waals surface area contributed by atoms with Gasteiger partial charge in [0, 0.05) is 43.8 Å². The zero-order valence-electron chi connectivity index (χ0n) is 21.2. The van der Waals surface area contributed by atoms with E-state index in [4.69, 9.17) is 10.1 Å². The van der Waals surface area contributed by atoms with Crippen LogP contribution in [0, 0.1) is 6.92 Å². The van der Waals surface area contributed by atoms with E-state index < -0.39 is 0 Å². The first-order chi connectivity index (χ1) is 17.2. The summed E-state index contributed by atoms with van der Waals surface area (Å²) in [6, 6.07) is 10.1. The van der Waals surface area contributed by atoms with Gasteiger partial charge < -0.3 is 10.2 Å².